The number of nitrogens with zero attached hydrogens (tertiary/aromatic N) is 2. The predicted molar refractivity (Wildman–Crippen MR) is 93.4 cm³/mol. The molecular weight excluding hydrogens is 324 g/mol. The fourth-order valence-electron chi connectivity index (χ4n) is 2.86. The second-order valence-corrected chi connectivity index (χ2v) is 5.96. The fraction of sp³-hybridized carbons (Fsp3) is 0.316. The van der Waals surface area contributed by atoms with Crippen LogP contribution >= 0.6 is 0 Å². The normalized spacial score (nSPS) is 12.8. The number of ether oxygens (including phenoxy) is 1. The zero-order chi connectivity index (χ0) is 17.8. The fourth-order valence-corrected chi connectivity index (χ4v) is 2.86. The Balaban J connectivity index is 1.76. The van der Waals surface area contributed by atoms with E-state index in [1.807, 2.05) is 31.2 Å². The number of alkyl halides is 2. The Bertz CT molecular complexity index is 830. The summed E-state index contributed by atoms with van der Waals surface area (Å²) in [4.78, 5) is 4.39. The monoisotopic (exact) mass is 345 g/mol. The standard InChI is InChI=1S/C19H21F2N3O/c1-13(22-11-14-7-9-15(10-8-14)12-25-2)18-23-16-5-3-4-6-17(16)24(18)19(20)21/h3-10,13,19,22H,11-12H2,1-2H3/t13-/m0/s1. The topological polar surface area (TPSA) is 39.1 Å². The molecule has 3 rings (SSSR count). The summed E-state index contributed by atoms with van der Waals surface area (Å²) in [5.41, 5.74) is 3.20. The van der Waals surface area contributed by atoms with Gasteiger partial charge in [0, 0.05) is 13.7 Å². The molecule has 0 unspecified atom stereocenters. The van der Waals surface area contributed by atoms with E-state index in [4.69, 9.17) is 4.74 Å². The lowest BCUT2D eigenvalue weighted by Gasteiger charge is -2.16. The lowest BCUT2D eigenvalue weighted by Crippen LogP contribution is -2.22. The van der Waals surface area contributed by atoms with Gasteiger partial charge in [0.25, 0.3) is 0 Å². The molecule has 4 nitrogen and oxygen atoms in total. The van der Waals surface area contributed by atoms with Crippen LogP contribution in [0.4, 0.5) is 8.78 Å². The van der Waals surface area contributed by atoms with Gasteiger partial charge in [0.1, 0.15) is 5.82 Å². The predicted octanol–water partition coefficient (Wildman–Crippen LogP) is 4.43. The summed E-state index contributed by atoms with van der Waals surface area (Å²) < 4.78 is 33.1. The van der Waals surface area contributed by atoms with Crippen LogP contribution < -0.4 is 5.32 Å². The van der Waals surface area contributed by atoms with Crippen molar-refractivity contribution in [3.63, 3.8) is 0 Å². The summed E-state index contributed by atoms with van der Waals surface area (Å²) in [7, 11) is 1.66. The molecule has 0 fully saturated rings. The van der Waals surface area contributed by atoms with Crippen molar-refractivity contribution in [2.24, 2.45) is 0 Å². The molecule has 0 amide bonds. The number of aromatic nitrogens is 2. The second kappa shape index (κ2) is 7.72. The van der Waals surface area contributed by atoms with E-state index in [9.17, 15) is 8.78 Å². The van der Waals surface area contributed by atoms with E-state index in [-0.39, 0.29) is 6.04 Å². The molecule has 1 heterocycles. The Morgan fingerprint density at radius 2 is 1.76 bits per heavy atom. The first kappa shape index (κ1) is 17.5. The molecule has 0 aliphatic rings. The molecule has 1 aromatic heterocycles. The molecule has 0 aliphatic heterocycles. The molecule has 0 radical (unpaired) electrons. The lowest BCUT2D eigenvalue weighted by atomic mass is 10.1. The average molecular weight is 345 g/mol. The largest absolute Gasteiger partial charge is 0.380 e. The van der Waals surface area contributed by atoms with E-state index < -0.39 is 6.55 Å². The van der Waals surface area contributed by atoms with Gasteiger partial charge in [-0.15, -0.1) is 0 Å². The Morgan fingerprint density at radius 3 is 2.44 bits per heavy atom. The van der Waals surface area contributed by atoms with Crippen LogP contribution in [0, 0.1) is 0 Å². The van der Waals surface area contributed by atoms with Crippen LogP contribution in [-0.2, 0) is 17.9 Å². The van der Waals surface area contributed by atoms with Gasteiger partial charge in [0.05, 0.1) is 23.7 Å². The van der Waals surface area contributed by atoms with Crippen LogP contribution in [0.1, 0.15) is 36.5 Å². The van der Waals surface area contributed by atoms with Crippen molar-refractivity contribution in [2.45, 2.75) is 32.7 Å². The van der Waals surface area contributed by atoms with Crippen LogP contribution in [0.3, 0.4) is 0 Å². The van der Waals surface area contributed by atoms with Crippen LogP contribution in [0.25, 0.3) is 11.0 Å². The minimum atomic E-state index is -2.63. The van der Waals surface area contributed by atoms with Crippen molar-refractivity contribution in [1.29, 1.82) is 0 Å². The third-order valence-corrected chi connectivity index (χ3v) is 4.15. The zero-order valence-corrected chi connectivity index (χ0v) is 14.2. The molecule has 25 heavy (non-hydrogen) atoms. The lowest BCUT2D eigenvalue weighted by molar-refractivity contribution is 0.0698. The van der Waals surface area contributed by atoms with Gasteiger partial charge in [-0.05, 0) is 30.2 Å². The van der Waals surface area contributed by atoms with Crippen LogP contribution in [0.5, 0.6) is 0 Å². The summed E-state index contributed by atoms with van der Waals surface area (Å²) in [5, 5.41) is 3.27. The highest BCUT2D eigenvalue weighted by atomic mass is 19.3. The summed E-state index contributed by atoms with van der Waals surface area (Å²) >= 11 is 0. The SMILES string of the molecule is COCc1ccc(CN[C@@H](C)c2nc3ccccc3n2C(F)F)cc1. The number of benzene rings is 2. The van der Waals surface area contributed by atoms with Crippen molar-refractivity contribution in [2.75, 3.05) is 7.11 Å². The molecule has 0 aliphatic carbocycles. The summed E-state index contributed by atoms with van der Waals surface area (Å²) in [6, 6.07) is 14.7. The van der Waals surface area contributed by atoms with Gasteiger partial charge < -0.3 is 10.1 Å². The van der Waals surface area contributed by atoms with Gasteiger partial charge in [0.15, 0.2) is 0 Å². The maximum absolute atomic E-state index is 13.5. The number of hydrogen-bond donors (Lipinski definition) is 1. The maximum atomic E-state index is 13.5. The van der Waals surface area contributed by atoms with E-state index in [2.05, 4.69) is 10.3 Å². The number of para-hydroxylation sites is 2. The number of rotatable bonds is 7. The summed E-state index contributed by atoms with van der Waals surface area (Å²) in [5.74, 6) is 0.340. The van der Waals surface area contributed by atoms with Crippen molar-refractivity contribution in [3.8, 4) is 0 Å². The number of hydrogen-bond acceptors (Lipinski definition) is 3. The van der Waals surface area contributed by atoms with Gasteiger partial charge in [-0.3, -0.25) is 4.57 Å². The van der Waals surface area contributed by atoms with Crippen LogP contribution in [0.15, 0.2) is 48.5 Å². The quantitative estimate of drug-likeness (QED) is 0.688. The Hall–Kier alpha value is -2.31. The number of methoxy groups -OCH3 is 1. The summed E-state index contributed by atoms with van der Waals surface area (Å²) in [6.07, 6.45) is 0. The van der Waals surface area contributed by atoms with Gasteiger partial charge in [-0.2, -0.15) is 8.78 Å². The first-order chi connectivity index (χ1) is 12.1. The minimum Gasteiger partial charge on any atom is -0.380 e. The molecule has 2 aromatic carbocycles. The van der Waals surface area contributed by atoms with E-state index in [1.54, 1.807) is 31.4 Å². The molecule has 6 heteroatoms. The second-order valence-electron chi connectivity index (χ2n) is 5.96. The van der Waals surface area contributed by atoms with Gasteiger partial charge in [0.2, 0.25) is 0 Å². The minimum absolute atomic E-state index is 0.306. The Morgan fingerprint density at radius 1 is 1.08 bits per heavy atom. The third kappa shape index (κ3) is 3.86. The molecule has 0 saturated heterocycles. The third-order valence-electron chi connectivity index (χ3n) is 4.15. The smallest absolute Gasteiger partial charge is 0.320 e. The number of fused-ring (bicyclic) bond motifs is 1. The zero-order valence-electron chi connectivity index (χ0n) is 14.2. The molecule has 1 atom stereocenters. The van der Waals surface area contributed by atoms with E-state index in [0.29, 0.717) is 30.0 Å². The molecule has 0 saturated carbocycles. The van der Waals surface area contributed by atoms with Gasteiger partial charge in [-0.25, -0.2) is 4.98 Å². The maximum Gasteiger partial charge on any atom is 0.320 e. The molecule has 3 aromatic rings. The van der Waals surface area contributed by atoms with Crippen molar-refractivity contribution in [3.05, 3.63) is 65.5 Å². The number of nitrogens with one attached hydrogen (secondary N) is 1. The van der Waals surface area contributed by atoms with Crippen molar-refractivity contribution in [1.82, 2.24) is 14.9 Å². The van der Waals surface area contributed by atoms with E-state index >= 15 is 0 Å². The number of halogens is 2. The Kier molecular flexibility index (Phi) is 5.40. The molecular formula is C19H21F2N3O. The molecule has 0 bridgehead atoms. The summed E-state index contributed by atoms with van der Waals surface area (Å²) in [6.45, 7) is 0.364. The van der Waals surface area contributed by atoms with Crippen LogP contribution in [-0.4, -0.2) is 16.7 Å². The van der Waals surface area contributed by atoms with Gasteiger partial charge in [-0.1, -0.05) is 36.4 Å². The number of imidazole rings is 1. The Labute approximate surface area is 145 Å². The highest BCUT2D eigenvalue weighted by molar-refractivity contribution is 5.76. The molecule has 1 N–H and O–H groups in total. The van der Waals surface area contributed by atoms with Crippen molar-refractivity contribution >= 4 is 11.0 Å². The first-order valence-electron chi connectivity index (χ1n) is 8.15. The van der Waals surface area contributed by atoms with Crippen molar-refractivity contribution < 1.29 is 13.5 Å². The average Bonchev–Trinajstić information content (AvgIpc) is 3.01. The first-order valence-corrected chi connectivity index (χ1v) is 8.15. The highest BCUT2D eigenvalue weighted by Crippen LogP contribution is 2.26. The highest BCUT2D eigenvalue weighted by Gasteiger charge is 2.21. The van der Waals surface area contributed by atoms with Crippen LogP contribution in [0.2, 0.25) is 0 Å². The van der Waals surface area contributed by atoms with E-state index in [0.717, 1.165) is 15.7 Å². The van der Waals surface area contributed by atoms with Gasteiger partial charge >= 0.3 is 6.55 Å². The van der Waals surface area contributed by atoms with E-state index in [1.165, 1.54) is 0 Å². The molecule has 0 spiro atoms. The molecule has 132 valence electrons.